The van der Waals surface area contributed by atoms with E-state index in [-0.39, 0.29) is 49.0 Å². The molecule has 3 saturated carbocycles. The van der Waals surface area contributed by atoms with E-state index in [1.807, 2.05) is 0 Å². The SMILES string of the molecule is O=C1OC2(CCC3(CC2)OC(=O)C(/C=C2\C(O)OC4(CCCCC4)S2(=O)=O)=C(O)O3)OC(O)=C1/C=C1/SC2(CCCCC2)OC1=O. The summed E-state index contributed by atoms with van der Waals surface area (Å²) in [5, 5.41) is 31.9. The average molecular weight is 683 g/mol. The van der Waals surface area contributed by atoms with Crippen LogP contribution in [0.15, 0.2) is 45.0 Å². The molecule has 0 bridgehead atoms. The molecule has 0 aromatic rings. The van der Waals surface area contributed by atoms with Crippen LogP contribution in [0.25, 0.3) is 0 Å². The first kappa shape index (κ1) is 31.4. The molecule has 0 radical (unpaired) electrons. The molecule has 2 saturated heterocycles. The lowest BCUT2D eigenvalue weighted by atomic mass is 9.87. The monoisotopic (exact) mass is 682 g/mol. The van der Waals surface area contributed by atoms with Crippen molar-refractivity contribution in [3.05, 3.63) is 45.0 Å². The van der Waals surface area contributed by atoms with Crippen molar-refractivity contribution >= 4 is 39.5 Å². The Hall–Kier alpha value is -3.21. The largest absolute Gasteiger partial charge is 0.480 e. The van der Waals surface area contributed by atoms with Crippen molar-refractivity contribution in [2.45, 2.75) is 118 Å². The molecule has 16 heteroatoms. The number of esters is 3. The minimum absolute atomic E-state index is 0.118. The van der Waals surface area contributed by atoms with E-state index in [0.717, 1.165) is 31.8 Å². The fourth-order valence-corrected chi connectivity index (χ4v) is 10.6. The highest BCUT2D eigenvalue weighted by Crippen LogP contribution is 2.52. The summed E-state index contributed by atoms with van der Waals surface area (Å²) in [6, 6.07) is 0. The number of carbonyl (C=O) groups is 3. The summed E-state index contributed by atoms with van der Waals surface area (Å²) in [5.41, 5.74) is -0.934. The second-order valence-corrected chi connectivity index (χ2v) is 16.3. The first-order valence-corrected chi connectivity index (χ1v) is 17.8. The predicted molar refractivity (Wildman–Crippen MR) is 155 cm³/mol. The molecule has 1 atom stereocenters. The van der Waals surface area contributed by atoms with Crippen LogP contribution < -0.4 is 0 Å². The van der Waals surface area contributed by atoms with Crippen molar-refractivity contribution in [1.82, 2.24) is 0 Å². The Morgan fingerprint density at radius 3 is 1.67 bits per heavy atom. The quantitative estimate of drug-likeness (QED) is 0.216. The highest BCUT2D eigenvalue weighted by molar-refractivity contribution is 8.05. The minimum Gasteiger partial charge on any atom is -0.480 e. The molecule has 5 fully saturated rings. The number of carbonyl (C=O) groups excluding carboxylic acids is 3. The molecule has 0 amide bonds. The average Bonchev–Trinajstić information content (AvgIpc) is 3.39. The zero-order valence-electron chi connectivity index (χ0n) is 24.8. The van der Waals surface area contributed by atoms with E-state index in [9.17, 15) is 38.1 Å². The van der Waals surface area contributed by atoms with Gasteiger partial charge in [-0.3, -0.25) is 0 Å². The summed E-state index contributed by atoms with van der Waals surface area (Å²) >= 11 is 1.23. The van der Waals surface area contributed by atoms with E-state index in [1.54, 1.807) is 0 Å². The summed E-state index contributed by atoms with van der Waals surface area (Å²) in [5.74, 6) is -7.55. The lowest BCUT2D eigenvalue weighted by molar-refractivity contribution is -0.302. The Kier molecular flexibility index (Phi) is 7.45. The molecule has 3 N–H and O–H groups in total. The van der Waals surface area contributed by atoms with Gasteiger partial charge in [0.1, 0.15) is 16.1 Å². The number of aliphatic hydroxyl groups excluding tert-OH is 3. The molecule has 0 aromatic heterocycles. The lowest BCUT2D eigenvalue weighted by Crippen LogP contribution is -2.53. The van der Waals surface area contributed by atoms with Gasteiger partial charge in [-0.05, 0) is 63.5 Å². The zero-order chi connectivity index (χ0) is 32.5. The van der Waals surface area contributed by atoms with Crippen LogP contribution in [0, 0.1) is 0 Å². The van der Waals surface area contributed by atoms with E-state index < -0.39 is 77.8 Å². The molecule has 1 unspecified atom stereocenters. The molecule has 250 valence electrons. The molecular weight excluding hydrogens is 648 g/mol. The Morgan fingerprint density at radius 2 is 1.15 bits per heavy atom. The van der Waals surface area contributed by atoms with E-state index in [4.69, 9.17) is 28.4 Å². The third kappa shape index (κ3) is 5.08. The van der Waals surface area contributed by atoms with Gasteiger partial charge in [-0.15, -0.1) is 0 Å². The van der Waals surface area contributed by atoms with Gasteiger partial charge in [-0.2, -0.15) is 0 Å². The molecule has 4 heterocycles. The molecule has 4 aliphatic heterocycles. The maximum absolute atomic E-state index is 13.3. The van der Waals surface area contributed by atoms with Crippen LogP contribution in [-0.4, -0.2) is 69.4 Å². The topological polar surface area (TPSA) is 201 Å². The summed E-state index contributed by atoms with van der Waals surface area (Å²) in [6.45, 7) is 0. The molecule has 4 spiro atoms. The van der Waals surface area contributed by atoms with Gasteiger partial charge >= 0.3 is 17.9 Å². The lowest BCUT2D eigenvalue weighted by Gasteiger charge is -2.46. The zero-order valence-corrected chi connectivity index (χ0v) is 26.4. The molecule has 46 heavy (non-hydrogen) atoms. The Labute approximate surface area is 268 Å². The highest BCUT2D eigenvalue weighted by atomic mass is 32.2. The van der Waals surface area contributed by atoms with Gasteiger partial charge in [0, 0.05) is 25.7 Å². The standard InChI is InChI=1S/C30H34O14S2/c31-21-17(15-19-25(35)43-29(45-19)7-3-1-4-8-29)22(32)40-27(39-21)11-13-28(14-12-27)41-23(33)18(24(34)42-28)16-20-26(36)44-30(46(20,37)38)9-5-2-6-10-30/h15-16,26,31,33,36H,1-14H2/b19-15+,20-16+. The van der Waals surface area contributed by atoms with Gasteiger partial charge in [-0.1, -0.05) is 24.6 Å². The summed E-state index contributed by atoms with van der Waals surface area (Å²) < 4.78 is 60.2. The fourth-order valence-electron chi connectivity index (χ4n) is 7.22. The molecule has 7 aliphatic rings. The fraction of sp³-hybridized carbons (Fsp3) is 0.633. The van der Waals surface area contributed by atoms with Crippen molar-refractivity contribution < 1.29 is 66.5 Å². The van der Waals surface area contributed by atoms with Crippen molar-refractivity contribution in [1.29, 1.82) is 0 Å². The van der Waals surface area contributed by atoms with Crippen LogP contribution in [0.1, 0.15) is 89.9 Å². The summed E-state index contributed by atoms with van der Waals surface area (Å²) in [4.78, 5) is 36.0. The predicted octanol–water partition coefficient (Wildman–Crippen LogP) is 3.78. The van der Waals surface area contributed by atoms with Crippen molar-refractivity contribution in [2.24, 2.45) is 0 Å². The second kappa shape index (κ2) is 10.9. The Bertz CT molecular complexity index is 1600. The van der Waals surface area contributed by atoms with Gasteiger partial charge in [0.25, 0.3) is 23.5 Å². The maximum atomic E-state index is 13.3. The van der Waals surface area contributed by atoms with E-state index in [0.29, 0.717) is 25.7 Å². The van der Waals surface area contributed by atoms with Gasteiger partial charge < -0.3 is 43.7 Å². The minimum atomic E-state index is -4.17. The van der Waals surface area contributed by atoms with Gasteiger partial charge in [-0.25, -0.2) is 22.8 Å². The Morgan fingerprint density at radius 1 is 0.652 bits per heavy atom. The van der Waals surface area contributed by atoms with Crippen molar-refractivity contribution in [3.63, 3.8) is 0 Å². The maximum Gasteiger partial charge on any atom is 0.348 e. The molecule has 14 nitrogen and oxygen atoms in total. The number of sulfone groups is 1. The third-order valence-corrected chi connectivity index (χ3v) is 13.5. The van der Waals surface area contributed by atoms with E-state index in [2.05, 4.69) is 0 Å². The first-order chi connectivity index (χ1) is 21.8. The van der Waals surface area contributed by atoms with Crippen LogP contribution in [0.3, 0.4) is 0 Å². The van der Waals surface area contributed by atoms with Gasteiger partial charge in [0.15, 0.2) is 16.2 Å². The number of rotatable bonds is 2. The number of aliphatic hydroxyl groups is 3. The van der Waals surface area contributed by atoms with E-state index in [1.165, 1.54) is 17.8 Å². The van der Waals surface area contributed by atoms with Crippen LogP contribution in [-0.2, 0) is 52.6 Å². The number of hydrogen-bond acceptors (Lipinski definition) is 15. The van der Waals surface area contributed by atoms with Gasteiger partial charge in [0.05, 0.1) is 4.91 Å². The smallest absolute Gasteiger partial charge is 0.348 e. The summed E-state index contributed by atoms with van der Waals surface area (Å²) in [6.07, 6.45) is 6.40. The van der Waals surface area contributed by atoms with E-state index >= 15 is 0 Å². The van der Waals surface area contributed by atoms with Crippen molar-refractivity contribution in [2.75, 3.05) is 0 Å². The molecular formula is C30H34O14S2. The van der Waals surface area contributed by atoms with Crippen LogP contribution in [0.2, 0.25) is 0 Å². The second-order valence-electron chi connectivity index (χ2n) is 12.7. The van der Waals surface area contributed by atoms with Gasteiger partial charge in [0.2, 0.25) is 9.84 Å². The summed E-state index contributed by atoms with van der Waals surface area (Å²) in [7, 11) is -4.17. The van der Waals surface area contributed by atoms with Crippen LogP contribution in [0.5, 0.6) is 0 Å². The molecule has 3 aliphatic carbocycles. The third-order valence-electron chi connectivity index (χ3n) is 9.74. The Balaban J connectivity index is 1.05. The normalized spacial score (nSPS) is 36.7. The number of hydrogen-bond donors (Lipinski definition) is 3. The molecule has 0 aromatic carbocycles. The number of ether oxygens (including phenoxy) is 6. The number of thioether (sulfide) groups is 1. The van der Waals surface area contributed by atoms with Crippen LogP contribution in [0.4, 0.5) is 0 Å². The molecule has 7 rings (SSSR count). The van der Waals surface area contributed by atoms with Crippen LogP contribution >= 0.6 is 11.8 Å². The van der Waals surface area contributed by atoms with Crippen molar-refractivity contribution in [3.8, 4) is 0 Å². The highest BCUT2D eigenvalue weighted by Gasteiger charge is 2.59. The first-order valence-electron chi connectivity index (χ1n) is 15.5.